The number of hydrogen-bond donors (Lipinski definition) is 0. The van der Waals surface area contributed by atoms with E-state index in [1.165, 1.54) is 36.0 Å². The van der Waals surface area contributed by atoms with Crippen molar-refractivity contribution in [2.75, 3.05) is 0 Å². The quantitative estimate of drug-likeness (QED) is 0.175. The van der Waals surface area contributed by atoms with Crippen LogP contribution >= 0.6 is 58.2 Å². The minimum Gasteiger partial charge on any atom is -0.207 e. The second-order valence-electron chi connectivity index (χ2n) is 8.36. The largest absolute Gasteiger partial charge is 0.207 e. The highest BCUT2D eigenvalue weighted by Gasteiger charge is 2.21. The van der Waals surface area contributed by atoms with Gasteiger partial charge in [-0.2, -0.15) is 0 Å². The SMILES string of the molecule is Fc1ccc(/C=C\C(SC(/C=C\c2ccc(F)cc2F)c2ccc(Cl)cc2Cl)c2ccc(Cl)cc2Cl)c(F)c1. The maximum atomic E-state index is 14.4. The Morgan fingerprint density at radius 2 is 0.949 bits per heavy atom. The molecule has 0 spiro atoms. The Morgan fingerprint density at radius 1 is 0.538 bits per heavy atom. The molecule has 0 amide bonds. The van der Waals surface area contributed by atoms with Gasteiger partial charge in [0.2, 0.25) is 0 Å². The Labute approximate surface area is 247 Å². The van der Waals surface area contributed by atoms with Gasteiger partial charge in [-0.3, -0.25) is 0 Å². The summed E-state index contributed by atoms with van der Waals surface area (Å²) in [7, 11) is 0. The minimum absolute atomic E-state index is 0.178. The molecule has 2 unspecified atom stereocenters. The molecule has 0 aromatic heterocycles. The van der Waals surface area contributed by atoms with Crippen LogP contribution in [0.4, 0.5) is 17.6 Å². The van der Waals surface area contributed by atoms with E-state index in [1.54, 1.807) is 48.6 Å². The first-order valence-electron chi connectivity index (χ1n) is 11.4. The Kier molecular flexibility index (Phi) is 10.1. The molecule has 0 bridgehead atoms. The van der Waals surface area contributed by atoms with E-state index in [9.17, 15) is 17.6 Å². The first kappa shape index (κ1) is 29.6. The van der Waals surface area contributed by atoms with Crippen molar-refractivity contribution < 1.29 is 17.6 Å². The van der Waals surface area contributed by atoms with Crippen LogP contribution in [0.2, 0.25) is 20.1 Å². The van der Waals surface area contributed by atoms with Crippen molar-refractivity contribution in [1.82, 2.24) is 0 Å². The molecule has 39 heavy (non-hydrogen) atoms. The Morgan fingerprint density at radius 3 is 1.31 bits per heavy atom. The normalized spacial score (nSPS) is 13.3. The summed E-state index contributed by atoms with van der Waals surface area (Å²) < 4.78 is 55.6. The summed E-state index contributed by atoms with van der Waals surface area (Å²) in [6.07, 6.45) is 6.50. The molecule has 0 N–H and O–H groups in total. The number of halogens is 8. The van der Waals surface area contributed by atoms with Gasteiger partial charge in [-0.1, -0.05) is 82.8 Å². The van der Waals surface area contributed by atoms with E-state index in [0.717, 1.165) is 24.3 Å². The van der Waals surface area contributed by atoms with Crippen LogP contribution in [0, 0.1) is 23.3 Å². The van der Waals surface area contributed by atoms with Crippen molar-refractivity contribution in [1.29, 1.82) is 0 Å². The molecule has 0 aliphatic rings. The zero-order chi connectivity index (χ0) is 28.1. The van der Waals surface area contributed by atoms with Gasteiger partial charge in [0.25, 0.3) is 0 Å². The van der Waals surface area contributed by atoms with Crippen molar-refractivity contribution in [3.8, 4) is 0 Å². The second-order valence-corrected chi connectivity index (χ2v) is 11.3. The molecule has 0 saturated heterocycles. The van der Waals surface area contributed by atoms with Gasteiger partial charge in [0.05, 0.1) is 10.5 Å². The lowest BCUT2D eigenvalue weighted by Gasteiger charge is -2.22. The van der Waals surface area contributed by atoms with Gasteiger partial charge in [-0.25, -0.2) is 17.6 Å². The summed E-state index contributed by atoms with van der Waals surface area (Å²) in [5.41, 5.74) is 1.69. The average molecular weight is 628 g/mol. The fourth-order valence-corrected chi connectivity index (χ4v) is 6.26. The van der Waals surface area contributed by atoms with E-state index in [1.807, 2.05) is 0 Å². The maximum Gasteiger partial charge on any atom is 0.133 e. The maximum absolute atomic E-state index is 14.4. The van der Waals surface area contributed by atoms with Crippen LogP contribution in [-0.2, 0) is 0 Å². The van der Waals surface area contributed by atoms with Crippen LogP contribution in [0.25, 0.3) is 12.2 Å². The first-order chi connectivity index (χ1) is 18.6. The van der Waals surface area contributed by atoms with Crippen LogP contribution in [0.15, 0.2) is 84.9 Å². The smallest absolute Gasteiger partial charge is 0.133 e. The highest BCUT2D eigenvalue weighted by molar-refractivity contribution is 8.00. The van der Waals surface area contributed by atoms with Crippen molar-refractivity contribution in [3.05, 3.63) is 151 Å². The number of hydrogen-bond acceptors (Lipinski definition) is 1. The lowest BCUT2D eigenvalue weighted by Crippen LogP contribution is -1.99. The standard InChI is InChI=1S/C30H18Cl4F4S/c31-19-5-9-23(25(33)13-19)29(11-3-17-1-7-21(35)15-27(17)37)39-30(24-10-6-20(32)14-26(24)34)12-4-18-2-8-22(36)16-28(18)38/h1-16,29-30H/b11-3-,12-4-. The zero-order valence-corrected chi connectivity index (χ0v) is 23.7. The predicted molar refractivity (Wildman–Crippen MR) is 157 cm³/mol. The molecule has 0 radical (unpaired) electrons. The van der Waals surface area contributed by atoms with Gasteiger partial charge in [0.15, 0.2) is 0 Å². The topological polar surface area (TPSA) is 0 Å². The Bertz CT molecular complexity index is 1440. The lowest BCUT2D eigenvalue weighted by molar-refractivity contribution is 0.581. The molecular weight excluding hydrogens is 610 g/mol. The molecule has 0 fully saturated rings. The zero-order valence-electron chi connectivity index (χ0n) is 19.8. The van der Waals surface area contributed by atoms with Gasteiger partial charge in [0, 0.05) is 43.4 Å². The summed E-state index contributed by atoms with van der Waals surface area (Å²) in [5, 5.41) is 0.643. The third kappa shape index (κ3) is 7.84. The third-order valence-corrected chi connectivity index (χ3v) is 8.19. The van der Waals surface area contributed by atoms with Gasteiger partial charge < -0.3 is 0 Å². The van der Waals surface area contributed by atoms with E-state index in [-0.39, 0.29) is 11.1 Å². The van der Waals surface area contributed by atoms with Crippen molar-refractivity contribution in [2.24, 2.45) is 0 Å². The van der Waals surface area contributed by atoms with E-state index in [2.05, 4.69) is 0 Å². The van der Waals surface area contributed by atoms with Crippen molar-refractivity contribution in [2.45, 2.75) is 10.5 Å². The Hall–Kier alpha value is -2.41. The van der Waals surface area contributed by atoms with E-state index < -0.39 is 33.8 Å². The molecule has 4 rings (SSSR count). The van der Waals surface area contributed by atoms with Crippen molar-refractivity contribution in [3.63, 3.8) is 0 Å². The summed E-state index contributed by atoms with van der Waals surface area (Å²) in [6, 6.07) is 16.6. The van der Waals surface area contributed by atoms with Gasteiger partial charge in [0.1, 0.15) is 23.3 Å². The summed E-state index contributed by atoms with van der Waals surface area (Å²) in [6.45, 7) is 0. The highest BCUT2D eigenvalue weighted by Crippen LogP contribution is 2.47. The van der Waals surface area contributed by atoms with Gasteiger partial charge in [-0.05, 0) is 59.7 Å². The fraction of sp³-hybridized carbons (Fsp3) is 0.0667. The van der Waals surface area contributed by atoms with Crippen LogP contribution in [0.1, 0.15) is 32.8 Å². The summed E-state index contributed by atoms with van der Waals surface area (Å²) >= 11 is 26.7. The molecule has 4 aromatic carbocycles. The molecule has 4 aromatic rings. The third-order valence-electron chi connectivity index (χ3n) is 5.66. The van der Waals surface area contributed by atoms with Crippen LogP contribution in [-0.4, -0.2) is 0 Å². The minimum atomic E-state index is -0.721. The van der Waals surface area contributed by atoms with Crippen LogP contribution in [0.5, 0.6) is 0 Å². The lowest BCUT2D eigenvalue weighted by atomic mass is 10.1. The van der Waals surface area contributed by atoms with Crippen LogP contribution in [0.3, 0.4) is 0 Å². The predicted octanol–water partition coefficient (Wildman–Crippen LogP) is 11.8. The molecule has 9 heteroatoms. The molecule has 0 aliphatic carbocycles. The summed E-state index contributed by atoms with van der Waals surface area (Å²) in [5.74, 6) is -2.82. The molecule has 200 valence electrons. The average Bonchev–Trinajstić information content (AvgIpc) is 2.86. The highest BCUT2D eigenvalue weighted by atomic mass is 35.5. The first-order valence-corrected chi connectivity index (χ1v) is 13.9. The summed E-state index contributed by atoms with van der Waals surface area (Å²) in [4.78, 5) is 0. The second kappa shape index (κ2) is 13.3. The monoisotopic (exact) mass is 626 g/mol. The number of thioether (sulfide) groups is 1. The molecule has 0 saturated carbocycles. The van der Waals surface area contributed by atoms with Gasteiger partial charge >= 0.3 is 0 Å². The molecule has 0 nitrogen and oxygen atoms in total. The molecular formula is C30H18Cl4F4S. The van der Waals surface area contributed by atoms with Crippen LogP contribution < -0.4 is 0 Å². The molecule has 0 heterocycles. The fourth-order valence-electron chi connectivity index (χ4n) is 3.72. The number of rotatable bonds is 8. The van der Waals surface area contributed by atoms with Gasteiger partial charge in [-0.15, -0.1) is 11.8 Å². The van der Waals surface area contributed by atoms with E-state index in [0.29, 0.717) is 31.2 Å². The molecule has 2 atom stereocenters. The Balaban J connectivity index is 1.78. The van der Waals surface area contributed by atoms with E-state index >= 15 is 0 Å². The molecule has 0 aliphatic heterocycles. The van der Waals surface area contributed by atoms with E-state index in [4.69, 9.17) is 46.4 Å². The number of benzene rings is 4. The van der Waals surface area contributed by atoms with Crippen molar-refractivity contribution >= 4 is 70.3 Å².